The topological polar surface area (TPSA) is 12.0 Å². The fourth-order valence-electron chi connectivity index (χ4n) is 1.90. The molecule has 2 rings (SSSR count). The summed E-state index contributed by atoms with van der Waals surface area (Å²) in [6.07, 6.45) is 0.708. The maximum atomic E-state index is 13.4. The number of nitrogens with one attached hydrogen (secondary N) is 1. The smallest absolute Gasteiger partial charge is 0.126 e. The van der Waals surface area contributed by atoms with E-state index in [1.54, 1.807) is 6.07 Å². The molecule has 0 aliphatic rings. The first-order chi connectivity index (χ1) is 9.16. The van der Waals surface area contributed by atoms with Crippen LogP contribution in [-0.4, -0.2) is 6.54 Å². The van der Waals surface area contributed by atoms with Crippen LogP contribution in [0.3, 0.4) is 0 Å². The van der Waals surface area contributed by atoms with Crippen molar-refractivity contribution in [3.05, 3.63) is 69.4 Å². The predicted octanol–water partition coefficient (Wildman–Crippen LogP) is 4.23. The van der Waals surface area contributed by atoms with Crippen molar-refractivity contribution in [2.75, 3.05) is 6.54 Å². The van der Waals surface area contributed by atoms with Crippen molar-refractivity contribution in [3.63, 3.8) is 0 Å². The van der Waals surface area contributed by atoms with Gasteiger partial charge in [-0.15, -0.1) is 0 Å². The van der Waals surface area contributed by atoms with E-state index in [0.29, 0.717) is 6.42 Å². The number of hydrogen-bond acceptors (Lipinski definition) is 1. The Balaban J connectivity index is 1.81. The van der Waals surface area contributed by atoms with Crippen molar-refractivity contribution in [2.24, 2.45) is 0 Å². The quantitative estimate of drug-likeness (QED) is 0.813. The molecule has 3 heteroatoms. The van der Waals surface area contributed by atoms with Crippen LogP contribution >= 0.6 is 15.9 Å². The van der Waals surface area contributed by atoms with E-state index in [1.165, 1.54) is 17.2 Å². The fourth-order valence-corrected chi connectivity index (χ4v) is 2.33. The van der Waals surface area contributed by atoms with E-state index in [0.717, 1.165) is 23.1 Å². The molecule has 0 saturated carbocycles. The molecule has 1 N–H and O–H groups in total. The van der Waals surface area contributed by atoms with Crippen molar-refractivity contribution >= 4 is 15.9 Å². The minimum absolute atomic E-state index is 0.123. The molecule has 0 heterocycles. The molecule has 2 aromatic rings. The number of rotatable bonds is 5. The maximum absolute atomic E-state index is 13.4. The van der Waals surface area contributed by atoms with Gasteiger partial charge in [-0.3, -0.25) is 0 Å². The minimum atomic E-state index is -0.123. The summed E-state index contributed by atoms with van der Waals surface area (Å²) in [5.74, 6) is -0.123. The van der Waals surface area contributed by atoms with Crippen LogP contribution in [0.2, 0.25) is 0 Å². The van der Waals surface area contributed by atoms with Gasteiger partial charge in [0.15, 0.2) is 0 Å². The number of benzene rings is 2. The van der Waals surface area contributed by atoms with Crippen molar-refractivity contribution in [1.29, 1.82) is 0 Å². The van der Waals surface area contributed by atoms with Gasteiger partial charge in [0.1, 0.15) is 5.82 Å². The number of hydrogen-bond donors (Lipinski definition) is 1. The number of aryl methyl sites for hydroxylation is 1. The summed E-state index contributed by atoms with van der Waals surface area (Å²) in [7, 11) is 0. The summed E-state index contributed by atoms with van der Waals surface area (Å²) in [5, 5.41) is 3.34. The van der Waals surface area contributed by atoms with Crippen molar-refractivity contribution < 1.29 is 4.39 Å². The maximum Gasteiger partial charge on any atom is 0.126 e. The van der Waals surface area contributed by atoms with Gasteiger partial charge in [-0.2, -0.15) is 0 Å². The highest BCUT2D eigenvalue weighted by Crippen LogP contribution is 2.17. The average Bonchev–Trinajstić information content (AvgIpc) is 2.40. The molecule has 0 unspecified atom stereocenters. The van der Waals surface area contributed by atoms with Crippen LogP contribution in [0.15, 0.2) is 46.9 Å². The molecule has 0 amide bonds. The molecule has 0 aliphatic heterocycles. The number of halogens is 2. The lowest BCUT2D eigenvalue weighted by atomic mass is 10.1. The highest BCUT2D eigenvalue weighted by atomic mass is 79.9. The van der Waals surface area contributed by atoms with Gasteiger partial charge in [-0.1, -0.05) is 46.3 Å². The Morgan fingerprint density at radius 3 is 2.68 bits per heavy atom. The zero-order valence-corrected chi connectivity index (χ0v) is 12.5. The molecular formula is C16H17BrFN. The van der Waals surface area contributed by atoms with Gasteiger partial charge in [0, 0.05) is 11.0 Å². The Labute approximate surface area is 122 Å². The van der Waals surface area contributed by atoms with E-state index in [4.69, 9.17) is 0 Å². The molecular weight excluding hydrogens is 305 g/mol. The van der Waals surface area contributed by atoms with Crippen LogP contribution in [0.25, 0.3) is 0 Å². The molecule has 19 heavy (non-hydrogen) atoms. The van der Waals surface area contributed by atoms with Gasteiger partial charge in [-0.05, 0) is 48.7 Å². The van der Waals surface area contributed by atoms with Crippen LogP contribution in [0.5, 0.6) is 0 Å². The lowest BCUT2D eigenvalue weighted by Crippen LogP contribution is -2.17. The molecule has 0 bridgehead atoms. The molecule has 1 nitrogen and oxygen atoms in total. The molecule has 2 aromatic carbocycles. The zero-order valence-electron chi connectivity index (χ0n) is 10.9. The highest BCUT2D eigenvalue weighted by molar-refractivity contribution is 9.10. The van der Waals surface area contributed by atoms with Gasteiger partial charge >= 0.3 is 0 Å². The summed E-state index contributed by atoms with van der Waals surface area (Å²) in [6.45, 7) is 3.64. The summed E-state index contributed by atoms with van der Waals surface area (Å²) in [4.78, 5) is 0. The monoisotopic (exact) mass is 321 g/mol. The molecule has 0 aliphatic carbocycles. The third kappa shape index (κ3) is 4.15. The minimum Gasteiger partial charge on any atom is -0.312 e. The largest absolute Gasteiger partial charge is 0.312 e. The Morgan fingerprint density at radius 1 is 1.16 bits per heavy atom. The molecule has 100 valence electrons. The van der Waals surface area contributed by atoms with Crippen molar-refractivity contribution in [2.45, 2.75) is 19.9 Å². The van der Waals surface area contributed by atoms with Crippen LogP contribution in [0.1, 0.15) is 16.7 Å². The summed E-state index contributed by atoms with van der Waals surface area (Å²) in [5.41, 5.74) is 3.22. The first-order valence-corrected chi connectivity index (χ1v) is 7.15. The van der Waals surface area contributed by atoms with E-state index in [1.807, 2.05) is 12.1 Å². The first-order valence-electron chi connectivity index (χ1n) is 6.36. The highest BCUT2D eigenvalue weighted by Gasteiger charge is 2.01. The Bertz CT molecular complexity index is 554. The zero-order chi connectivity index (χ0) is 13.7. The van der Waals surface area contributed by atoms with E-state index >= 15 is 0 Å². The van der Waals surface area contributed by atoms with Crippen LogP contribution < -0.4 is 5.32 Å². The third-order valence-electron chi connectivity index (χ3n) is 3.09. The summed E-state index contributed by atoms with van der Waals surface area (Å²) < 4.78 is 14.5. The Morgan fingerprint density at radius 2 is 1.95 bits per heavy atom. The second-order valence-corrected chi connectivity index (χ2v) is 5.46. The van der Waals surface area contributed by atoms with Gasteiger partial charge in [-0.25, -0.2) is 4.39 Å². The average molecular weight is 322 g/mol. The fraction of sp³-hybridized carbons (Fsp3) is 0.250. The van der Waals surface area contributed by atoms with E-state index in [2.05, 4.69) is 46.4 Å². The van der Waals surface area contributed by atoms with Gasteiger partial charge in [0.25, 0.3) is 0 Å². The summed E-state index contributed by atoms with van der Waals surface area (Å²) >= 11 is 3.52. The summed E-state index contributed by atoms with van der Waals surface area (Å²) in [6, 6.07) is 13.2. The van der Waals surface area contributed by atoms with Crippen LogP contribution in [0.4, 0.5) is 4.39 Å². The molecule has 0 saturated heterocycles. The lowest BCUT2D eigenvalue weighted by molar-refractivity contribution is 0.598. The predicted molar refractivity (Wildman–Crippen MR) is 80.7 cm³/mol. The molecule has 0 aromatic heterocycles. The SMILES string of the molecule is Cc1ccc(CNCCc2ccccc2F)cc1Br. The van der Waals surface area contributed by atoms with Crippen LogP contribution in [-0.2, 0) is 13.0 Å². The first kappa shape index (κ1) is 14.2. The van der Waals surface area contributed by atoms with E-state index in [9.17, 15) is 4.39 Å². The second-order valence-electron chi connectivity index (χ2n) is 4.60. The standard InChI is InChI=1S/C16H17BrFN/c1-12-6-7-13(10-15(12)17)11-19-9-8-14-4-2-3-5-16(14)18/h2-7,10,19H,8-9,11H2,1H3. The second kappa shape index (κ2) is 6.83. The third-order valence-corrected chi connectivity index (χ3v) is 3.95. The molecule has 0 radical (unpaired) electrons. The van der Waals surface area contributed by atoms with Gasteiger partial charge in [0.2, 0.25) is 0 Å². The molecule has 0 spiro atoms. The van der Waals surface area contributed by atoms with Gasteiger partial charge < -0.3 is 5.32 Å². The van der Waals surface area contributed by atoms with Gasteiger partial charge in [0.05, 0.1) is 0 Å². The van der Waals surface area contributed by atoms with Crippen LogP contribution in [0, 0.1) is 12.7 Å². The molecule has 0 atom stereocenters. The Hall–Kier alpha value is -1.19. The van der Waals surface area contributed by atoms with Crippen molar-refractivity contribution in [1.82, 2.24) is 5.32 Å². The van der Waals surface area contributed by atoms with E-state index in [-0.39, 0.29) is 5.82 Å². The Kier molecular flexibility index (Phi) is 5.11. The van der Waals surface area contributed by atoms with E-state index < -0.39 is 0 Å². The van der Waals surface area contributed by atoms with Crippen molar-refractivity contribution in [3.8, 4) is 0 Å². The lowest BCUT2D eigenvalue weighted by Gasteiger charge is -2.07. The molecule has 0 fully saturated rings. The normalized spacial score (nSPS) is 10.7.